The van der Waals surface area contributed by atoms with Crippen molar-refractivity contribution < 1.29 is 28.7 Å². The topological polar surface area (TPSA) is 142 Å². The average Bonchev–Trinajstić information content (AvgIpc) is 3.50. The van der Waals surface area contributed by atoms with Gasteiger partial charge in [-0.2, -0.15) is 0 Å². The van der Waals surface area contributed by atoms with Gasteiger partial charge in [0.15, 0.2) is 0 Å². The van der Waals surface area contributed by atoms with Crippen molar-refractivity contribution in [3.8, 4) is 0 Å². The van der Waals surface area contributed by atoms with Crippen molar-refractivity contribution in [3.63, 3.8) is 0 Å². The number of ether oxygens (including phenoxy) is 2. The molecule has 4 N–H and O–H groups in total. The maximum absolute atomic E-state index is 12.8. The second-order valence-corrected chi connectivity index (χ2v) is 9.59. The van der Waals surface area contributed by atoms with Gasteiger partial charge in [0.05, 0.1) is 41.9 Å². The van der Waals surface area contributed by atoms with E-state index < -0.39 is 17.9 Å². The molecule has 0 radical (unpaired) electrons. The minimum absolute atomic E-state index is 0.150. The molecule has 2 heterocycles. The highest BCUT2D eigenvalue weighted by molar-refractivity contribution is 5.98. The zero-order valence-corrected chi connectivity index (χ0v) is 23.1. The first kappa shape index (κ1) is 29.2. The molecule has 0 fully saturated rings. The van der Waals surface area contributed by atoms with Crippen LogP contribution in [0.1, 0.15) is 85.4 Å². The molecule has 0 aliphatic carbocycles. The molecule has 39 heavy (non-hydrogen) atoms. The third-order valence-electron chi connectivity index (χ3n) is 5.96. The lowest BCUT2D eigenvalue weighted by molar-refractivity contribution is -0.119. The third kappa shape index (κ3) is 6.95. The number of hydrogen-bond donors (Lipinski definition) is 4. The average molecular weight is 537 g/mol. The maximum Gasteiger partial charge on any atom is 0.354 e. The van der Waals surface area contributed by atoms with Crippen LogP contribution in [0, 0.1) is 11.8 Å². The third-order valence-corrected chi connectivity index (χ3v) is 5.96. The first-order valence-electron chi connectivity index (χ1n) is 13.0. The Labute approximate surface area is 227 Å². The molecule has 3 aromatic rings. The van der Waals surface area contributed by atoms with Gasteiger partial charge in [-0.25, -0.2) is 9.59 Å². The van der Waals surface area contributed by atoms with Crippen LogP contribution in [0.2, 0.25) is 0 Å². The highest BCUT2D eigenvalue weighted by Crippen LogP contribution is 2.40. The Morgan fingerprint density at radius 2 is 1.13 bits per heavy atom. The van der Waals surface area contributed by atoms with E-state index in [4.69, 9.17) is 9.47 Å². The van der Waals surface area contributed by atoms with E-state index >= 15 is 0 Å². The number of nitrogens with one attached hydrogen (secondary N) is 4. The summed E-state index contributed by atoms with van der Waals surface area (Å²) in [5, 5.41) is 5.81. The lowest BCUT2D eigenvalue weighted by Crippen LogP contribution is -2.21. The second kappa shape index (κ2) is 12.9. The standard InChI is InChI=1S/C29H36N4O6/c1-7-38-28(36)21-14-19(32-26(34)16(3)4)24(30-21)23(18-12-10-9-11-13-18)25-20(33-27(35)17(5)6)15-22(31-25)29(37)39-8-2/h9-17,23,30-31H,7-8H2,1-6H3,(H,32,34)(H,33,35). The van der Waals surface area contributed by atoms with Crippen molar-refractivity contribution in [2.24, 2.45) is 11.8 Å². The highest BCUT2D eigenvalue weighted by atomic mass is 16.5. The van der Waals surface area contributed by atoms with Gasteiger partial charge >= 0.3 is 11.9 Å². The molecule has 10 heteroatoms. The van der Waals surface area contributed by atoms with E-state index in [0.717, 1.165) is 5.56 Å². The van der Waals surface area contributed by atoms with E-state index in [9.17, 15) is 19.2 Å². The predicted octanol–water partition coefficient (Wildman–Crippen LogP) is 5.07. The van der Waals surface area contributed by atoms with E-state index in [1.165, 1.54) is 12.1 Å². The van der Waals surface area contributed by atoms with Crippen LogP contribution < -0.4 is 10.6 Å². The van der Waals surface area contributed by atoms with Crippen molar-refractivity contribution in [1.82, 2.24) is 9.97 Å². The van der Waals surface area contributed by atoms with Gasteiger partial charge in [0.2, 0.25) is 11.8 Å². The number of hydrogen-bond acceptors (Lipinski definition) is 6. The Hall–Kier alpha value is -4.34. The van der Waals surface area contributed by atoms with Crippen molar-refractivity contribution in [2.75, 3.05) is 23.8 Å². The summed E-state index contributed by atoms with van der Waals surface area (Å²) in [6.07, 6.45) is 0. The summed E-state index contributed by atoms with van der Waals surface area (Å²) in [6, 6.07) is 12.4. The molecule has 3 rings (SSSR count). The lowest BCUT2D eigenvalue weighted by atomic mass is 9.91. The molecule has 10 nitrogen and oxygen atoms in total. The summed E-state index contributed by atoms with van der Waals surface area (Å²) in [7, 11) is 0. The number of carbonyl (C=O) groups is 4. The van der Waals surface area contributed by atoms with E-state index in [0.29, 0.717) is 22.8 Å². The fourth-order valence-electron chi connectivity index (χ4n) is 3.92. The Kier molecular flexibility index (Phi) is 9.70. The summed E-state index contributed by atoms with van der Waals surface area (Å²) in [6.45, 7) is 10.8. The minimum atomic E-state index is -0.664. The Morgan fingerprint density at radius 1 is 0.718 bits per heavy atom. The maximum atomic E-state index is 12.8. The fourth-order valence-corrected chi connectivity index (χ4v) is 3.92. The first-order chi connectivity index (χ1) is 18.6. The molecule has 2 amide bonds. The van der Waals surface area contributed by atoms with Crippen LogP contribution in [-0.4, -0.2) is 46.9 Å². The van der Waals surface area contributed by atoms with Crippen LogP contribution in [0.5, 0.6) is 0 Å². The second-order valence-electron chi connectivity index (χ2n) is 9.59. The summed E-state index contributed by atoms with van der Waals surface area (Å²) >= 11 is 0. The quantitative estimate of drug-likeness (QED) is 0.252. The smallest absolute Gasteiger partial charge is 0.354 e. The molecule has 0 saturated heterocycles. The first-order valence-corrected chi connectivity index (χ1v) is 13.0. The fraction of sp³-hybridized carbons (Fsp3) is 0.379. The molecule has 0 spiro atoms. The molecule has 0 aliphatic rings. The molecule has 0 unspecified atom stereocenters. The van der Waals surface area contributed by atoms with Crippen molar-refractivity contribution in [3.05, 3.63) is 70.8 Å². The monoisotopic (exact) mass is 536 g/mol. The van der Waals surface area contributed by atoms with Crippen molar-refractivity contribution in [1.29, 1.82) is 0 Å². The van der Waals surface area contributed by atoms with Gasteiger partial charge in [-0.3, -0.25) is 9.59 Å². The van der Waals surface area contributed by atoms with Gasteiger partial charge in [-0.05, 0) is 31.5 Å². The molecule has 0 aliphatic heterocycles. The van der Waals surface area contributed by atoms with E-state index in [-0.39, 0.29) is 48.3 Å². The SMILES string of the molecule is CCOC(=O)c1cc(NC(=O)C(C)C)c(C(c2ccccc2)c2[nH]c(C(=O)OCC)cc2NC(=O)C(C)C)[nH]1. The lowest BCUT2D eigenvalue weighted by Gasteiger charge is -2.21. The summed E-state index contributed by atoms with van der Waals surface area (Å²) < 4.78 is 10.4. The number of rotatable bonds is 11. The normalized spacial score (nSPS) is 11.1. The highest BCUT2D eigenvalue weighted by Gasteiger charge is 2.31. The Balaban J connectivity index is 2.29. The van der Waals surface area contributed by atoms with Crippen molar-refractivity contribution >= 4 is 35.1 Å². The molecule has 1 aromatic carbocycles. The molecule has 2 aromatic heterocycles. The largest absolute Gasteiger partial charge is 0.461 e. The van der Waals surface area contributed by atoms with Crippen LogP contribution in [-0.2, 0) is 19.1 Å². The molecule has 208 valence electrons. The Morgan fingerprint density at radius 3 is 1.49 bits per heavy atom. The summed E-state index contributed by atoms with van der Waals surface area (Å²) in [4.78, 5) is 57.1. The zero-order chi connectivity index (χ0) is 28.7. The molecular weight excluding hydrogens is 500 g/mol. The zero-order valence-electron chi connectivity index (χ0n) is 23.1. The van der Waals surface area contributed by atoms with E-state index in [1.807, 2.05) is 30.3 Å². The van der Waals surface area contributed by atoms with Crippen LogP contribution in [0.4, 0.5) is 11.4 Å². The molecular formula is C29H36N4O6. The van der Waals surface area contributed by atoms with Gasteiger partial charge in [0.1, 0.15) is 11.4 Å². The number of amides is 2. The van der Waals surface area contributed by atoms with Gasteiger partial charge in [-0.15, -0.1) is 0 Å². The number of aromatic nitrogens is 2. The summed E-state index contributed by atoms with van der Waals surface area (Å²) in [5.74, 6) is -2.96. The van der Waals surface area contributed by atoms with Gasteiger partial charge in [-0.1, -0.05) is 58.0 Å². The van der Waals surface area contributed by atoms with Gasteiger partial charge < -0.3 is 30.1 Å². The number of carbonyl (C=O) groups excluding carboxylic acids is 4. The minimum Gasteiger partial charge on any atom is -0.461 e. The molecule has 0 atom stereocenters. The molecule has 0 bridgehead atoms. The van der Waals surface area contributed by atoms with E-state index in [1.54, 1.807) is 41.5 Å². The number of benzene rings is 1. The number of anilines is 2. The predicted molar refractivity (Wildman–Crippen MR) is 148 cm³/mol. The van der Waals surface area contributed by atoms with Gasteiger partial charge in [0, 0.05) is 11.8 Å². The van der Waals surface area contributed by atoms with Gasteiger partial charge in [0.25, 0.3) is 0 Å². The van der Waals surface area contributed by atoms with Crippen LogP contribution in [0.15, 0.2) is 42.5 Å². The van der Waals surface area contributed by atoms with Crippen LogP contribution in [0.3, 0.4) is 0 Å². The number of esters is 2. The van der Waals surface area contributed by atoms with E-state index in [2.05, 4.69) is 20.6 Å². The van der Waals surface area contributed by atoms with Crippen molar-refractivity contribution in [2.45, 2.75) is 47.5 Å². The number of aromatic amines is 2. The Bertz CT molecular complexity index is 1240. The molecule has 0 saturated carbocycles. The van der Waals surface area contributed by atoms with Crippen LogP contribution in [0.25, 0.3) is 0 Å². The number of H-pyrrole nitrogens is 2. The summed E-state index contributed by atoms with van der Waals surface area (Å²) in [5.41, 5.74) is 2.75. The van der Waals surface area contributed by atoms with Crippen LogP contribution >= 0.6 is 0 Å².